The molecule has 3 aromatic rings. The van der Waals surface area contributed by atoms with Crippen LogP contribution in [-0.2, 0) is 14.6 Å². The number of carbonyl (C=O) groups is 1. The Labute approximate surface area is 154 Å². The van der Waals surface area contributed by atoms with Crippen molar-refractivity contribution in [2.24, 2.45) is 0 Å². The van der Waals surface area contributed by atoms with E-state index in [1.807, 2.05) is 0 Å². The van der Waals surface area contributed by atoms with Crippen LogP contribution in [0.5, 0.6) is 0 Å². The normalized spacial score (nSPS) is 11.3. The number of sulfone groups is 1. The van der Waals surface area contributed by atoms with Crippen molar-refractivity contribution in [1.29, 1.82) is 0 Å². The topological polar surface area (TPSA) is 118 Å². The van der Waals surface area contributed by atoms with Gasteiger partial charge >= 0.3 is 0 Å². The highest BCUT2D eigenvalue weighted by Gasteiger charge is 2.21. The van der Waals surface area contributed by atoms with Gasteiger partial charge in [-0.2, -0.15) is 10.1 Å². The third kappa shape index (κ3) is 4.44. The van der Waals surface area contributed by atoms with Crippen molar-refractivity contribution in [2.75, 3.05) is 11.1 Å². The summed E-state index contributed by atoms with van der Waals surface area (Å²) in [5.74, 6) is -0.594. The standard InChI is InChI=1S/C16H14ClN5O3S/c17-12-2-1-3-13(10-12)19-14(23)6-9-26(24,25)16-20-15(21-22-16)11-4-7-18-8-5-11/h1-5,7-8,10H,6,9H2,(H,19,23)(H,20,21,22). The first-order chi connectivity index (χ1) is 12.4. The number of aromatic amines is 1. The van der Waals surface area contributed by atoms with Gasteiger partial charge in [0.05, 0.1) is 5.75 Å². The number of halogens is 1. The molecule has 0 saturated heterocycles. The summed E-state index contributed by atoms with van der Waals surface area (Å²) in [6.45, 7) is 0. The maximum atomic E-state index is 12.3. The molecule has 2 N–H and O–H groups in total. The zero-order valence-corrected chi connectivity index (χ0v) is 15.0. The minimum absolute atomic E-state index is 0.222. The third-order valence-electron chi connectivity index (χ3n) is 3.40. The van der Waals surface area contributed by atoms with Crippen LogP contribution in [0.3, 0.4) is 0 Å². The number of pyridine rings is 1. The number of H-pyrrole nitrogens is 1. The number of rotatable bonds is 6. The molecular weight excluding hydrogens is 378 g/mol. The lowest BCUT2D eigenvalue weighted by Crippen LogP contribution is -2.18. The molecule has 0 unspecified atom stereocenters. The van der Waals surface area contributed by atoms with Crippen LogP contribution in [0, 0.1) is 0 Å². The van der Waals surface area contributed by atoms with Gasteiger partial charge in [-0.05, 0) is 30.3 Å². The summed E-state index contributed by atoms with van der Waals surface area (Å²) in [6.07, 6.45) is 2.89. The third-order valence-corrected chi connectivity index (χ3v) is 5.15. The number of benzene rings is 1. The molecule has 0 radical (unpaired) electrons. The van der Waals surface area contributed by atoms with Gasteiger partial charge in [-0.3, -0.25) is 9.78 Å². The van der Waals surface area contributed by atoms with Crippen LogP contribution in [-0.4, -0.2) is 40.2 Å². The van der Waals surface area contributed by atoms with Crippen molar-refractivity contribution in [3.05, 3.63) is 53.8 Å². The highest BCUT2D eigenvalue weighted by atomic mass is 35.5. The second kappa shape index (κ2) is 7.63. The quantitative estimate of drug-likeness (QED) is 0.665. The fourth-order valence-electron chi connectivity index (χ4n) is 2.13. The molecule has 8 nitrogen and oxygen atoms in total. The van der Waals surface area contributed by atoms with E-state index in [1.165, 1.54) is 0 Å². The van der Waals surface area contributed by atoms with Gasteiger partial charge in [0.2, 0.25) is 20.9 Å². The molecule has 3 rings (SSSR count). The van der Waals surface area contributed by atoms with Crippen molar-refractivity contribution in [2.45, 2.75) is 11.6 Å². The van der Waals surface area contributed by atoms with Gasteiger partial charge < -0.3 is 5.32 Å². The fourth-order valence-corrected chi connectivity index (χ4v) is 3.38. The van der Waals surface area contributed by atoms with E-state index in [4.69, 9.17) is 11.6 Å². The second-order valence-corrected chi connectivity index (χ2v) is 7.79. The number of nitrogens with zero attached hydrogens (tertiary/aromatic N) is 3. The monoisotopic (exact) mass is 391 g/mol. The molecule has 0 fully saturated rings. The molecule has 0 bridgehead atoms. The van der Waals surface area contributed by atoms with Crippen LogP contribution in [0.15, 0.2) is 53.9 Å². The summed E-state index contributed by atoms with van der Waals surface area (Å²) in [5.41, 5.74) is 1.14. The number of aromatic nitrogens is 4. The van der Waals surface area contributed by atoms with Crippen molar-refractivity contribution < 1.29 is 13.2 Å². The number of amides is 1. The summed E-state index contributed by atoms with van der Waals surface area (Å²) in [5, 5.41) is 9.10. The molecular formula is C16H14ClN5O3S. The summed E-state index contributed by atoms with van der Waals surface area (Å²) < 4.78 is 24.7. The molecule has 0 aliphatic carbocycles. The zero-order valence-electron chi connectivity index (χ0n) is 13.4. The van der Waals surface area contributed by atoms with Crippen LogP contribution in [0.1, 0.15) is 6.42 Å². The van der Waals surface area contributed by atoms with Gasteiger partial charge in [-0.1, -0.05) is 17.7 Å². The maximum absolute atomic E-state index is 12.3. The molecule has 134 valence electrons. The Kier molecular flexibility index (Phi) is 5.29. The van der Waals surface area contributed by atoms with Gasteiger partial charge in [0.25, 0.3) is 0 Å². The van der Waals surface area contributed by atoms with Crippen LogP contribution in [0.2, 0.25) is 5.02 Å². The molecule has 0 aliphatic heterocycles. The van der Waals surface area contributed by atoms with Crippen molar-refractivity contribution in [3.8, 4) is 11.4 Å². The first-order valence-electron chi connectivity index (χ1n) is 7.55. The predicted molar refractivity (Wildman–Crippen MR) is 96.4 cm³/mol. The van der Waals surface area contributed by atoms with Gasteiger partial charge in [0.1, 0.15) is 0 Å². The SMILES string of the molecule is O=C(CCS(=O)(=O)c1nc(-c2ccncc2)n[nH]1)Nc1cccc(Cl)c1. The molecule has 1 amide bonds. The zero-order chi connectivity index (χ0) is 18.6. The summed E-state index contributed by atoms with van der Waals surface area (Å²) in [4.78, 5) is 19.8. The van der Waals surface area contributed by atoms with Crippen LogP contribution >= 0.6 is 11.6 Å². The number of anilines is 1. The van der Waals surface area contributed by atoms with Crippen LogP contribution in [0.4, 0.5) is 5.69 Å². The van der Waals surface area contributed by atoms with Gasteiger partial charge in [0.15, 0.2) is 5.82 Å². The lowest BCUT2D eigenvalue weighted by atomic mass is 10.3. The van der Waals surface area contributed by atoms with Crippen LogP contribution < -0.4 is 5.32 Å². The van der Waals surface area contributed by atoms with Crippen molar-refractivity contribution >= 4 is 33.0 Å². The smallest absolute Gasteiger partial charge is 0.243 e. The van der Waals surface area contributed by atoms with Gasteiger partial charge in [-0.15, -0.1) is 0 Å². The maximum Gasteiger partial charge on any atom is 0.243 e. The average molecular weight is 392 g/mol. The van der Waals surface area contributed by atoms with Crippen molar-refractivity contribution in [3.63, 3.8) is 0 Å². The largest absolute Gasteiger partial charge is 0.326 e. The van der Waals surface area contributed by atoms with E-state index in [9.17, 15) is 13.2 Å². The molecule has 10 heteroatoms. The minimum Gasteiger partial charge on any atom is -0.326 e. The van der Waals surface area contributed by atoms with E-state index in [-0.39, 0.29) is 17.4 Å². The summed E-state index contributed by atoms with van der Waals surface area (Å²) in [6, 6.07) is 9.92. The Morgan fingerprint density at radius 1 is 1.19 bits per heavy atom. The molecule has 1 aromatic carbocycles. The lowest BCUT2D eigenvalue weighted by Gasteiger charge is -2.05. The molecule has 0 atom stereocenters. The van der Waals surface area contributed by atoms with E-state index in [1.54, 1.807) is 48.8 Å². The molecule has 2 heterocycles. The molecule has 0 aliphatic rings. The van der Waals surface area contributed by atoms with E-state index in [0.717, 1.165) is 0 Å². The second-order valence-electron chi connectivity index (χ2n) is 5.33. The summed E-state index contributed by atoms with van der Waals surface area (Å²) >= 11 is 5.84. The number of hydrogen-bond donors (Lipinski definition) is 2. The van der Waals surface area contributed by atoms with E-state index in [0.29, 0.717) is 16.3 Å². The van der Waals surface area contributed by atoms with Crippen molar-refractivity contribution in [1.82, 2.24) is 20.2 Å². The number of hydrogen-bond acceptors (Lipinski definition) is 6. The molecule has 26 heavy (non-hydrogen) atoms. The molecule has 0 saturated carbocycles. The van der Waals surface area contributed by atoms with Crippen LogP contribution in [0.25, 0.3) is 11.4 Å². The van der Waals surface area contributed by atoms with E-state index < -0.39 is 21.5 Å². The molecule has 2 aromatic heterocycles. The Morgan fingerprint density at radius 3 is 2.69 bits per heavy atom. The Morgan fingerprint density at radius 2 is 1.96 bits per heavy atom. The number of carbonyl (C=O) groups excluding carboxylic acids is 1. The first-order valence-corrected chi connectivity index (χ1v) is 9.58. The average Bonchev–Trinajstić information content (AvgIpc) is 3.12. The Bertz CT molecular complexity index is 1020. The summed E-state index contributed by atoms with van der Waals surface area (Å²) in [7, 11) is -3.77. The highest BCUT2D eigenvalue weighted by molar-refractivity contribution is 7.91. The lowest BCUT2D eigenvalue weighted by molar-refractivity contribution is -0.115. The highest BCUT2D eigenvalue weighted by Crippen LogP contribution is 2.17. The minimum atomic E-state index is -3.77. The van der Waals surface area contributed by atoms with Gasteiger partial charge in [0, 0.05) is 35.1 Å². The van der Waals surface area contributed by atoms with E-state index in [2.05, 4.69) is 25.5 Å². The predicted octanol–water partition coefficient (Wildman–Crippen LogP) is 2.32. The van der Waals surface area contributed by atoms with Gasteiger partial charge in [-0.25, -0.2) is 13.5 Å². The Balaban J connectivity index is 1.64. The Hall–Kier alpha value is -2.78. The number of nitrogens with one attached hydrogen (secondary N) is 2. The first kappa shape index (κ1) is 18.0. The fraction of sp³-hybridized carbons (Fsp3) is 0.125. The van der Waals surface area contributed by atoms with E-state index >= 15 is 0 Å². The molecule has 0 spiro atoms.